The highest BCUT2D eigenvalue weighted by Crippen LogP contribution is 2.30. The first-order valence-corrected chi connectivity index (χ1v) is 5.02. The van der Waals surface area contributed by atoms with Crippen molar-refractivity contribution >= 4 is 15.9 Å². The molecule has 0 aromatic carbocycles. The summed E-state index contributed by atoms with van der Waals surface area (Å²) in [7, 11) is 0. The molecule has 0 aromatic heterocycles. The maximum Gasteiger partial charge on any atom is 0.00622 e. The molecule has 0 N–H and O–H groups in total. The van der Waals surface area contributed by atoms with Gasteiger partial charge >= 0.3 is 0 Å². The molecule has 0 aromatic rings. The lowest BCUT2D eigenvalue weighted by atomic mass is 9.82. The lowest BCUT2D eigenvalue weighted by Gasteiger charge is -2.26. The van der Waals surface area contributed by atoms with Crippen molar-refractivity contribution in [3.8, 4) is 0 Å². The highest BCUT2D eigenvalue weighted by atomic mass is 79.9. The standard InChI is InChI=1S/C8H15Br/c1-7-4-2-3-5-8(7)6-9/h7-8H,2-6H2,1H3/t7-,8-/m0/s1. The minimum absolute atomic E-state index is 0.970. The molecule has 1 aliphatic rings. The number of halogens is 1. The van der Waals surface area contributed by atoms with Gasteiger partial charge in [0.1, 0.15) is 0 Å². The zero-order valence-electron chi connectivity index (χ0n) is 6.07. The Morgan fingerprint density at radius 2 is 2.00 bits per heavy atom. The van der Waals surface area contributed by atoms with Gasteiger partial charge in [0, 0.05) is 5.33 Å². The van der Waals surface area contributed by atoms with Gasteiger partial charge < -0.3 is 0 Å². The van der Waals surface area contributed by atoms with Gasteiger partial charge in [-0.3, -0.25) is 0 Å². The molecule has 0 saturated heterocycles. The van der Waals surface area contributed by atoms with Crippen LogP contribution >= 0.6 is 15.9 Å². The van der Waals surface area contributed by atoms with Gasteiger partial charge in [0.15, 0.2) is 0 Å². The van der Waals surface area contributed by atoms with Crippen LogP contribution in [0.25, 0.3) is 0 Å². The van der Waals surface area contributed by atoms with Gasteiger partial charge in [0.05, 0.1) is 0 Å². The largest absolute Gasteiger partial charge is 0.0925 e. The van der Waals surface area contributed by atoms with Crippen LogP contribution in [-0.2, 0) is 0 Å². The van der Waals surface area contributed by atoms with E-state index in [9.17, 15) is 0 Å². The van der Waals surface area contributed by atoms with Gasteiger partial charge in [-0.05, 0) is 18.3 Å². The zero-order valence-corrected chi connectivity index (χ0v) is 7.65. The molecule has 2 atom stereocenters. The van der Waals surface area contributed by atoms with E-state index in [0.717, 1.165) is 11.8 Å². The van der Waals surface area contributed by atoms with Gasteiger partial charge in [-0.2, -0.15) is 0 Å². The number of rotatable bonds is 1. The van der Waals surface area contributed by atoms with Crippen molar-refractivity contribution in [3.05, 3.63) is 0 Å². The van der Waals surface area contributed by atoms with Crippen LogP contribution in [0.3, 0.4) is 0 Å². The van der Waals surface area contributed by atoms with Gasteiger partial charge in [0.2, 0.25) is 0 Å². The first kappa shape index (κ1) is 7.59. The van der Waals surface area contributed by atoms with E-state index in [2.05, 4.69) is 22.9 Å². The summed E-state index contributed by atoms with van der Waals surface area (Å²) in [6.07, 6.45) is 5.83. The molecule has 0 unspecified atom stereocenters. The molecule has 0 amide bonds. The third-order valence-corrected chi connectivity index (χ3v) is 3.32. The molecule has 0 bridgehead atoms. The summed E-state index contributed by atoms with van der Waals surface area (Å²) in [5.74, 6) is 1.94. The lowest BCUT2D eigenvalue weighted by molar-refractivity contribution is 0.283. The minimum atomic E-state index is 0.970. The fourth-order valence-electron chi connectivity index (χ4n) is 1.62. The Hall–Kier alpha value is 0.480. The van der Waals surface area contributed by atoms with Gasteiger partial charge in [-0.25, -0.2) is 0 Å². The number of hydrogen-bond donors (Lipinski definition) is 0. The zero-order chi connectivity index (χ0) is 6.69. The molecule has 1 fully saturated rings. The van der Waals surface area contributed by atoms with Gasteiger partial charge in [-0.15, -0.1) is 0 Å². The highest BCUT2D eigenvalue weighted by Gasteiger charge is 2.19. The molecular formula is C8H15Br. The predicted octanol–water partition coefficient (Wildman–Crippen LogP) is 3.21. The molecule has 9 heavy (non-hydrogen) atoms. The smallest absolute Gasteiger partial charge is 0.00622 e. The van der Waals surface area contributed by atoms with Crippen molar-refractivity contribution in [2.45, 2.75) is 32.6 Å². The van der Waals surface area contributed by atoms with Crippen molar-refractivity contribution < 1.29 is 0 Å². The van der Waals surface area contributed by atoms with Crippen molar-refractivity contribution in [1.82, 2.24) is 0 Å². The second kappa shape index (κ2) is 3.60. The molecule has 1 heteroatoms. The van der Waals surface area contributed by atoms with E-state index in [4.69, 9.17) is 0 Å². The summed E-state index contributed by atoms with van der Waals surface area (Å²) in [4.78, 5) is 0. The third-order valence-electron chi connectivity index (χ3n) is 2.49. The molecule has 0 spiro atoms. The van der Waals surface area contributed by atoms with E-state index in [1.807, 2.05) is 0 Å². The summed E-state index contributed by atoms with van der Waals surface area (Å²) < 4.78 is 0. The van der Waals surface area contributed by atoms with Crippen LogP contribution in [0.1, 0.15) is 32.6 Å². The molecule has 0 nitrogen and oxygen atoms in total. The average molecular weight is 191 g/mol. The van der Waals surface area contributed by atoms with Crippen LogP contribution in [0.4, 0.5) is 0 Å². The van der Waals surface area contributed by atoms with Crippen LogP contribution in [-0.4, -0.2) is 5.33 Å². The fraction of sp³-hybridized carbons (Fsp3) is 1.00. The quantitative estimate of drug-likeness (QED) is 0.558. The van der Waals surface area contributed by atoms with E-state index in [-0.39, 0.29) is 0 Å². The fourth-order valence-corrected chi connectivity index (χ4v) is 2.58. The number of alkyl halides is 1. The van der Waals surface area contributed by atoms with Crippen molar-refractivity contribution in [3.63, 3.8) is 0 Å². The molecule has 1 aliphatic carbocycles. The SMILES string of the molecule is C[C@H]1CCCC[C@H]1CBr. The predicted molar refractivity (Wildman–Crippen MR) is 44.9 cm³/mol. The molecule has 1 rings (SSSR count). The average Bonchev–Trinajstić information content (AvgIpc) is 1.89. The van der Waals surface area contributed by atoms with E-state index in [1.54, 1.807) is 0 Å². The normalized spacial score (nSPS) is 36.7. The molecular weight excluding hydrogens is 176 g/mol. The van der Waals surface area contributed by atoms with Crippen molar-refractivity contribution in [2.24, 2.45) is 11.8 Å². The minimum Gasteiger partial charge on any atom is -0.0925 e. The highest BCUT2D eigenvalue weighted by molar-refractivity contribution is 9.09. The maximum absolute atomic E-state index is 3.55. The molecule has 1 saturated carbocycles. The third kappa shape index (κ3) is 1.96. The Labute approximate surface area is 66.2 Å². The summed E-state index contributed by atoms with van der Waals surface area (Å²) in [6.45, 7) is 2.38. The first-order valence-electron chi connectivity index (χ1n) is 3.90. The molecule has 0 heterocycles. The van der Waals surface area contributed by atoms with E-state index in [1.165, 1.54) is 31.0 Å². The van der Waals surface area contributed by atoms with Crippen LogP contribution in [0, 0.1) is 11.8 Å². The Bertz CT molecular complexity index is 80.6. The van der Waals surface area contributed by atoms with E-state index in [0.29, 0.717) is 0 Å². The molecule has 0 radical (unpaired) electrons. The maximum atomic E-state index is 3.55. The Morgan fingerprint density at radius 1 is 1.33 bits per heavy atom. The topological polar surface area (TPSA) is 0 Å². The summed E-state index contributed by atoms with van der Waals surface area (Å²) >= 11 is 3.55. The second-order valence-corrected chi connectivity index (χ2v) is 3.82. The number of hydrogen-bond acceptors (Lipinski definition) is 0. The second-order valence-electron chi connectivity index (χ2n) is 3.18. The van der Waals surface area contributed by atoms with Crippen LogP contribution < -0.4 is 0 Å². The van der Waals surface area contributed by atoms with Gasteiger partial charge in [0.25, 0.3) is 0 Å². The van der Waals surface area contributed by atoms with Gasteiger partial charge in [-0.1, -0.05) is 42.1 Å². The lowest BCUT2D eigenvalue weighted by Crippen LogP contribution is -2.17. The van der Waals surface area contributed by atoms with Crippen molar-refractivity contribution in [2.75, 3.05) is 5.33 Å². The summed E-state index contributed by atoms with van der Waals surface area (Å²) in [6, 6.07) is 0. The van der Waals surface area contributed by atoms with Crippen LogP contribution in [0.2, 0.25) is 0 Å². The first-order chi connectivity index (χ1) is 4.34. The Kier molecular flexibility index (Phi) is 3.03. The summed E-state index contributed by atoms with van der Waals surface area (Å²) in [5.41, 5.74) is 0. The Balaban J connectivity index is 2.30. The van der Waals surface area contributed by atoms with Crippen LogP contribution in [0.5, 0.6) is 0 Å². The Morgan fingerprint density at radius 3 is 2.44 bits per heavy atom. The molecule has 54 valence electrons. The van der Waals surface area contributed by atoms with E-state index >= 15 is 0 Å². The van der Waals surface area contributed by atoms with Crippen LogP contribution in [0.15, 0.2) is 0 Å². The monoisotopic (exact) mass is 190 g/mol. The van der Waals surface area contributed by atoms with E-state index < -0.39 is 0 Å². The molecule has 0 aliphatic heterocycles. The summed E-state index contributed by atoms with van der Waals surface area (Å²) in [5, 5.41) is 1.22. The van der Waals surface area contributed by atoms with Crippen molar-refractivity contribution in [1.29, 1.82) is 0 Å².